The van der Waals surface area contributed by atoms with Crippen LogP contribution in [0.25, 0.3) is 0 Å². The van der Waals surface area contributed by atoms with Crippen LogP contribution < -0.4 is 11.1 Å². The van der Waals surface area contributed by atoms with Crippen molar-refractivity contribution in [1.29, 1.82) is 0 Å². The van der Waals surface area contributed by atoms with Crippen LogP contribution in [0.2, 0.25) is 0 Å². The lowest BCUT2D eigenvalue weighted by atomic mass is 10.2. The summed E-state index contributed by atoms with van der Waals surface area (Å²) in [6.45, 7) is 5.25. The number of hydrogen-bond acceptors (Lipinski definition) is 4. The summed E-state index contributed by atoms with van der Waals surface area (Å²) in [5.74, 6) is -2.09. The van der Waals surface area contributed by atoms with Crippen LogP contribution in [0.4, 0.5) is 4.79 Å². The van der Waals surface area contributed by atoms with Crippen molar-refractivity contribution in [3.8, 4) is 0 Å². The summed E-state index contributed by atoms with van der Waals surface area (Å²) < 4.78 is 5.12. The van der Waals surface area contributed by atoms with E-state index >= 15 is 0 Å². The van der Waals surface area contributed by atoms with Crippen LogP contribution in [-0.2, 0) is 14.3 Å². The molecule has 1 unspecified atom stereocenters. The summed E-state index contributed by atoms with van der Waals surface area (Å²) in [5.41, 5.74) is 4.93. The Balaban J connectivity index is 4.41. The molecular weight excluding hydrogens is 254 g/mol. The maximum atomic E-state index is 11.8. The largest absolute Gasteiger partial charge is 0.480 e. The molecule has 8 nitrogen and oxygen atoms in total. The van der Waals surface area contributed by atoms with Crippen molar-refractivity contribution < 1.29 is 24.2 Å². The molecule has 0 aromatic rings. The maximum absolute atomic E-state index is 11.8. The van der Waals surface area contributed by atoms with Crippen molar-refractivity contribution in [2.24, 2.45) is 5.73 Å². The molecule has 0 aliphatic heterocycles. The second-order valence-electron chi connectivity index (χ2n) is 3.79. The molecule has 110 valence electrons. The van der Waals surface area contributed by atoms with Gasteiger partial charge in [-0.2, -0.15) is 0 Å². The van der Waals surface area contributed by atoms with Gasteiger partial charge in [0.2, 0.25) is 5.91 Å². The van der Waals surface area contributed by atoms with Gasteiger partial charge in [0.15, 0.2) is 0 Å². The molecule has 0 fully saturated rings. The predicted octanol–water partition coefficient (Wildman–Crippen LogP) is -0.617. The number of primary amides is 1. The van der Waals surface area contributed by atoms with E-state index in [2.05, 4.69) is 5.32 Å². The highest BCUT2D eigenvalue weighted by atomic mass is 16.5. The minimum Gasteiger partial charge on any atom is -0.480 e. The Bertz CT molecular complexity index is 321. The highest BCUT2D eigenvalue weighted by Crippen LogP contribution is 1.96. The van der Waals surface area contributed by atoms with Crippen LogP contribution in [0.3, 0.4) is 0 Å². The van der Waals surface area contributed by atoms with Gasteiger partial charge < -0.3 is 25.8 Å². The lowest BCUT2D eigenvalue weighted by Crippen LogP contribution is -2.50. The molecule has 0 spiro atoms. The molecule has 0 bridgehead atoms. The van der Waals surface area contributed by atoms with E-state index in [4.69, 9.17) is 15.6 Å². The molecule has 0 aromatic carbocycles. The molecule has 0 rings (SSSR count). The summed E-state index contributed by atoms with van der Waals surface area (Å²) >= 11 is 0. The first-order chi connectivity index (χ1) is 8.92. The molecule has 8 heteroatoms. The minimum absolute atomic E-state index is 0.346. The molecule has 0 saturated carbocycles. The van der Waals surface area contributed by atoms with Crippen LogP contribution in [-0.4, -0.2) is 60.3 Å². The number of amides is 3. The number of carbonyl (C=O) groups is 3. The lowest BCUT2D eigenvalue weighted by Gasteiger charge is -2.23. The summed E-state index contributed by atoms with van der Waals surface area (Å²) in [6.07, 6.45) is -0.440. The summed E-state index contributed by atoms with van der Waals surface area (Å²) in [5, 5.41) is 11.1. The molecule has 3 amide bonds. The van der Waals surface area contributed by atoms with Crippen LogP contribution in [0.5, 0.6) is 0 Å². The Kier molecular flexibility index (Phi) is 8.27. The molecule has 0 saturated heterocycles. The van der Waals surface area contributed by atoms with E-state index < -0.39 is 30.4 Å². The first-order valence-electron chi connectivity index (χ1n) is 6.06. The van der Waals surface area contributed by atoms with E-state index in [1.54, 1.807) is 6.92 Å². The Hall–Kier alpha value is -1.83. The molecule has 0 radical (unpaired) electrons. The SMILES string of the molecule is CCOCCN(CC)C(=O)NC(CC(N)=O)C(=O)O. The average molecular weight is 275 g/mol. The second-order valence-corrected chi connectivity index (χ2v) is 3.79. The van der Waals surface area contributed by atoms with E-state index in [0.29, 0.717) is 26.3 Å². The van der Waals surface area contributed by atoms with Gasteiger partial charge in [0.1, 0.15) is 6.04 Å². The monoisotopic (exact) mass is 275 g/mol. The van der Waals surface area contributed by atoms with Crippen molar-refractivity contribution in [3.05, 3.63) is 0 Å². The van der Waals surface area contributed by atoms with Gasteiger partial charge in [-0.3, -0.25) is 4.79 Å². The summed E-state index contributed by atoms with van der Waals surface area (Å²) in [4.78, 5) is 34.8. The number of carboxylic acid groups (broad SMARTS) is 1. The van der Waals surface area contributed by atoms with Gasteiger partial charge in [0.05, 0.1) is 13.0 Å². The van der Waals surface area contributed by atoms with Gasteiger partial charge in [0.25, 0.3) is 0 Å². The van der Waals surface area contributed by atoms with Crippen LogP contribution >= 0.6 is 0 Å². The zero-order valence-electron chi connectivity index (χ0n) is 11.2. The first-order valence-corrected chi connectivity index (χ1v) is 6.06. The molecule has 1 atom stereocenters. The predicted molar refractivity (Wildman–Crippen MR) is 67.5 cm³/mol. The number of rotatable bonds is 9. The number of nitrogens with zero attached hydrogens (tertiary/aromatic N) is 1. The number of carboxylic acids is 1. The van der Waals surface area contributed by atoms with Gasteiger partial charge in [0, 0.05) is 19.7 Å². The Morgan fingerprint density at radius 1 is 1.37 bits per heavy atom. The summed E-state index contributed by atoms with van der Waals surface area (Å²) in [7, 11) is 0. The van der Waals surface area contributed by atoms with Gasteiger partial charge in [-0.15, -0.1) is 0 Å². The molecule has 19 heavy (non-hydrogen) atoms. The van der Waals surface area contributed by atoms with Crippen LogP contribution in [0, 0.1) is 0 Å². The number of hydrogen-bond donors (Lipinski definition) is 3. The van der Waals surface area contributed by atoms with Crippen LogP contribution in [0.15, 0.2) is 0 Å². The molecular formula is C11H21N3O5. The summed E-state index contributed by atoms with van der Waals surface area (Å²) in [6, 6.07) is -1.87. The molecule has 4 N–H and O–H groups in total. The number of likely N-dealkylation sites (N-methyl/N-ethyl adjacent to an activating group) is 1. The number of nitrogens with two attached hydrogens (primary N) is 1. The quantitative estimate of drug-likeness (QED) is 0.484. The molecule has 0 aromatic heterocycles. The zero-order chi connectivity index (χ0) is 14.8. The van der Waals surface area contributed by atoms with Crippen molar-refractivity contribution in [2.45, 2.75) is 26.3 Å². The second kappa shape index (κ2) is 9.15. The first kappa shape index (κ1) is 17.2. The average Bonchev–Trinajstić information content (AvgIpc) is 2.33. The Morgan fingerprint density at radius 3 is 2.42 bits per heavy atom. The Labute approximate surface area is 111 Å². The molecule has 0 heterocycles. The van der Waals surface area contributed by atoms with Gasteiger partial charge in [-0.1, -0.05) is 0 Å². The third-order valence-corrected chi connectivity index (χ3v) is 2.38. The van der Waals surface area contributed by atoms with E-state index in [9.17, 15) is 14.4 Å². The smallest absolute Gasteiger partial charge is 0.326 e. The minimum atomic E-state index is -1.31. The van der Waals surface area contributed by atoms with E-state index in [0.717, 1.165) is 0 Å². The van der Waals surface area contributed by atoms with E-state index in [1.165, 1.54) is 4.90 Å². The fraction of sp³-hybridized carbons (Fsp3) is 0.727. The fourth-order valence-corrected chi connectivity index (χ4v) is 1.36. The third-order valence-electron chi connectivity index (χ3n) is 2.38. The molecule has 0 aliphatic rings. The lowest BCUT2D eigenvalue weighted by molar-refractivity contribution is -0.140. The number of ether oxygens (including phenoxy) is 1. The van der Waals surface area contributed by atoms with E-state index in [1.807, 2.05) is 6.92 Å². The molecule has 0 aliphatic carbocycles. The Morgan fingerprint density at radius 2 is 2.00 bits per heavy atom. The maximum Gasteiger partial charge on any atom is 0.326 e. The number of aliphatic carboxylic acids is 1. The number of carbonyl (C=O) groups excluding carboxylic acids is 2. The van der Waals surface area contributed by atoms with Crippen molar-refractivity contribution >= 4 is 17.9 Å². The van der Waals surface area contributed by atoms with Crippen molar-refractivity contribution in [3.63, 3.8) is 0 Å². The number of nitrogens with one attached hydrogen (secondary N) is 1. The highest BCUT2D eigenvalue weighted by Gasteiger charge is 2.24. The van der Waals surface area contributed by atoms with Gasteiger partial charge >= 0.3 is 12.0 Å². The fourth-order valence-electron chi connectivity index (χ4n) is 1.36. The third kappa shape index (κ3) is 7.24. The zero-order valence-corrected chi connectivity index (χ0v) is 11.2. The van der Waals surface area contributed by atoms with Crippen molar-refractivity contribution in [2.75, 3.05) is 26.3 Å². The van der Waals surface area contributed by atoms with Crippen LogP contribution in [0.1, 0.15) is 20.3 Å². The standard InChI is InChI=1S/C11H21N3O5/c1-3-14(5-6-19-4-2)11(18)13-8(10(16)17)7-9(12)15/h8H,3-7H2,1-2H3,(H2,12,15)(H,13,18)(H,16,17). The van der Waals surface area contributed by atoms with Gasteiger partial charge in [-0.25, -0.2) is 9.59 Å². The topological polar surface area (TPSA) is 122 Å². The number of urea groups is 1. The van der Waals surface area contributed by atoms with Gasteiger partial charge in [-0.05, 0) is 13.8 Å². The van der Waals surface area contributed by atoms with E-state index in [-0.39, 0.29) is 0 Å². The normalized spacial score (nSPS) is 11.7. The van der Waals surface area contributed by atoms with Crippen molar-refractivity contribution in [1.82, 2.24) is 10.2 Å². The highest BCUT2D eigenvalue weighted by molar-refractivity contribution is 5.87.